The van der Waals surface area contributed by atoms with Crippen LogP contribution in [0.5, 0.6) is 0 Å². The van der Waals surface area contributed by atoms with Crippen LogP contribution in [0, 0.1) is 10.1 Å². The minimum absolute atomic E-state index is 0.0214. The van der Waals surface area contributed by atoms with Crippen molar-refractivity contribution < 1.29 is 32.5 Å². The summed E-state index contributed by atoms with van der Waals surface area (Å²) < 4.78 is 37.3. The number of carbonyl (C=O) groups excluding carboxylic acids is 2. The van der Waals surface area contributed by atoms with E-state index in [-0.39, 0.29) is 16.8 Å². The van der Waals surface area contributed by atoms with Gasteiger partial charge in [-0.05, 0) is 36.4 Å². The molecule has 0 heterocycles. The summed E-state index contributed by atoms with van der Waals surface area (Å²) in [5.74, 6) is -1.78. The van der Waals surface area contributed by atoms with Gasteiger partial charge in [0.05, 0.1) is 16.1 Å². The Morgan fingerprint density at radius 2 is 1.50 bits per heavy atom. The summed E-state index contributed by atoms with van der Waals surface area (Å²) in [7, 11) is 0. The Hall–Kier alpha value is -3.47. The molecule has 2 aromatic carbocycles. The summed E-state index contributed by atoms with van der Waals surface area (Å²) in [6.07, 6.45) is -4.52. The molecule has 2 N–H and O–H groups in total. The third kappa shape index (κ3) is 4.77. The summed E-state index contributed by atoms with van der Waals surface area (Å²) in [6, 6.07) is 7.87. The van der Waals surface area contributed by atoms with Crippen LogP contribution in [-0.2, 0) is 11.0 Å². The van der Waals surface area contributed by atoms with Crippen molar-refractivity contribution in [2.75, 3.05) is 0 Å². The SMILES string of the molecule is O=C(NNOC(=O)c1ccc([N+](=O)[O-])cc1)c1ccc(C(F)(F)F)cc1. The molecule has 2 aromatic rings. The fourth-order valence-corrected chi connectivity index (χ4v) is 1.78. The Kier molecular flexibility index (Phi) is 5.52. The number of amides is 1. The summed E-state index contributed by atoms with van der Waals surface area (Å²) >= 11 is 0. The minimum atomic E-state index is -4.52. The molecule has 0 radical (unpaired) electrons. The number of carbonyl (C=O) groups is 2. The molecule has 8 nitrogen and oxygen atoms in total. The first-order chi connectivity index (χ1) is 12.2. The Morgan fingerprint density at radius 3 is 2.00 bits per heavy atom. The van der Waals surface area contributed by atoms with Crippen molar-refractivity contribution in [2.24, 2.45) is 0 Å². The van der Waals surface area contributed by atoms with Gasteiger partial charge in [-0.1, -0.05) is 5.59 Å². The fraction of sp³-hybridized carbons (Fsp3) is 0.0667. The first-order valence-electron chi connectivity index (χ1n) is 6.86. The highest BCUT2D eigenvalue weighted by Gasteiger charge is 2.30. The average molecular weight is 369 g/mol. The highest BCUT2D eigenvalue weighted by Crippen LogP contribution is 2.29. The molecule has 0 unspecified atom stereocenters. The molecule has 136 valence electrons. The van der Waals surface area contributed by atoms with Crippen LogP contribution in [0.2, 0.25) is 0 Å². The van der Waals surface area contributed by atoms with Crippen LogP contribution in [0.3, 0.4) is 0 Å². The van der Waals surface area contributed by atoms with E-state index < -0.39 is 28.5 Å². The molecular formula is C15H10F3N3O5. The predicted octanol–water partition coefficient (Wildman–Crippen LogP) is 2.62. The number of hydrogen-bond donors (Lipinski definition) is 2. The molecule has 0 fully saturated rings. The maximum Gasteiger partial charge on any atom is 0.416 e. The number of benzene rings is 2. The van der Waals surface area contributed by atoms with Gasteiger partial charge in [0, 0.05) is 17.7 Å². The van der Waals surface area contributed by atoms with Crippen molar-refractivity contribution in [1.82, 2.24) is 11.0 Å². The molecule has 0 aliphatic heterocycles. The predicted molar refractivity (Wildman–Crippen MR) is 80.6 cm³/mol. The van der Waals surface area contributed by atoms with Gasteiger partial charge in [0.1, 0.15) is 0 Å². The summed E-state index contributed by atoms with van der Waals surface area (Å²) in [4.78, 5) is 37.8. The Balaban J connectivity index is 1.87. The molecule has 0 saturated heterocycles. The number of alkyl halides is 3. The molecule has 0 aliphatic carbocycles. The van der Waals surface area contributed by atoms with Crippen LogP contribution < -0.4 is 11.0 Å². The van der Waals surface area contributed by atoms with Crippen molar-refractivity contribution >= 4 is 17.6 Å². The van der Waals surface area contributed by atoms with E-state index in [0.717, 1.165) is 48.5 Å². The second-order valence-electron chi connectivity index (χ2n) is 4.82. The molecule has 0 aliphatic rings. The minimum Gasteiger partial charge on any atom is -0.346 e. The first kappa shape index (κ1) is 18.9. The zero-order valence-corrected chi connectivity index (χ0v) is 12.7. The maximum absolute atomic E-state index is 12.4. The normalized spacial score (nSPS) is 10.9. The lowest BCUT2D eigenvalue weighted by Gasteiger charge is -2.09. The van der Waals surface area contributed by atoms with Gasteiger partial charge in [0.25, 0.3) is 11.6 Å². The topological polar surface area (TPSA) is 111 Å². The molecule has 1 amide bonds. The van der Waals surface area contributed by atoms with Gasteiger partial charge in [-0.15, -0.1) is 0 Å². The summed E-state index contributed by atoms with van der Waals surface area (Å²) in [6.45, 7) is 0. The molecule has 0 aromatic heterocycles. The van der Waals surface area contributed by atoms with E-state index in [1.807, 2.05) is 11.0 Å². The number of rotatable bonds is 5. The van der Waals surface area contributed by atoms with Crippen LogP contribution in [0.4, 0.5) is 18.9 Å². The number of nitrogens with one attached hydrogen (secondary N) is 2. The van der Waals surface area contributed by atoms with Crippen LogP contribution >= 0.6 is 0 Å². The van der Waals surface area contributed by atoms with E-state index in [4.69, 9.17) is 0 Å². The van der Waals surface area contributed by atoms with E-state index in [9.17, 15) is 32.9 Å². The molecule has 0 saturated carbocycles. The van der Waals surface area contributed by atoms with E-state index in [1.54, 1.807) is 0 Å². The van der Waals surface area contributed by atoms with Crippen molar-refractivity contribution in [3.05, 3.63) is 75.3 Å². The van der Waals surface area contributed by atoms with Gasteiger partial charge in [-0.25, -0.2) is 4.79 Å². The van der Waals surface area contributed by atoms with Gasteiger partial charge >= 0.3 is 12.1 Å². The van der Waals surface area contributed by atoms with E-state index >= 15 is 0 Å². The highest BCUT2D eigenvalue weighted by atomic mass is 19.4. The van der Waals surface area contributed by atoms with E-state index in [1.165, 1.54) is 0 Å². The Bertz CT molecular complexity index is 820. The largest absolute Gasteiger partial charge is 0.416 e. The zero-order valence-electron chi connectivity index (χ0n) is 12.7. The molecule has 2 rings (SSSR count). The third-order valence-corrected chi connectivity index (χ3v) is 3.10. The van der Waals surface area contributed by atoms with Crippen LogP contribution in [0.1, 0.15) is 26.3 Å². The van der Waals surface area contributed by atoms with Gasteiger partial charge < -0.3 is 4.84 Å². The number of non-ortho nitro benzene ring substituents is 1. The number of nitro benzene ring substituents is 1. The quantitative estimate of drug-likeness (QED) is 0.619. The first-order valence-corrected chi connectivity index (χ1v) is 6.86. The van der Waals surface area contributed by atoms with Gasteiger partial charge in [-0.2, -0.15) is 13.2 Å². The number of nitrogens with zero attached hydrogens (tertiary/aromatic N) is 1. The number of hydrazine groups is 1. The smallest absolute Gasteiger partial charge is 0.346 e. The fourth-order valence-electron chi connectivity index (χ4n) is 1.78. The van der Waals surface area contributed by atoms with Crippen molar-refractivity contribution in [3.63, 3.8) is 0 Å². The second kappa shape index (κ2) is 7.61. The zero-order chi connectivity index (χ0) is 19.3. The second-order valence-corrected chi connectivity index (χ2v) is 4.82. The lowest BCUT2D eigenvalue weighted by molar-refractivity contribution is -0.384. The van der Waals surface area contributed by atoms with Crippen LogP contribution in [0.25, 0.3) is 0 Å². The molecule has 0 atom stereocenters. The van der Waals surface area contributed by atoms with Crippen molar-refractivity contribution in [3.8, 4) is 0 Å². The standard InChI is InChI=1S/C15H10F3N3O5/c16-15(17,18)11-5-1-9(2-6-11)13(22)19-20-26-14(23)10-3-7-12(8-4-10)21(24)25/h1-8,20H,(H,19,22). The summed E-state index contributed by atoms with van der Waals surface area (Å²) in [5, 5.41) is 10.5. The van der Waals surface area contributed by atoms with Crippen LogP contribution in [-0.4, -0.2) is 16.8 Å². The van der Waals surface area contributed by atoms with Crippen molar-refractivity contribution in [2.45, 2.75) is 6.18 Å². The molecule has 11 heteroatoms. The number of hydrogen-bond acceptors (Lipinski definition) is 6. The number of nitro groups is 1. The summed E-state index contributed by atoms with van der Waals surface area (Å²) in [5.41, 5.74) is 2.58. The maximum atomic E-state index is 12.4. The number of halogens is 3. The van der Waals surface area contributed by atoms with Crippen LogP contribution in [0.15, 0.2) is 48.5 Å². The van der Waals surface area contributed by atoms with Gasteiger partial charge in [-0.3, -0.25) is 20.3 Å². The Labute approximate surface area is 143 Å². The molecule has 0 spiro atoms. The Morgan fingerprint density at radius 1 is 0.962 bits per heavy atom. The van der Waals surface area contributed by atoms with Gasteiger partial charge in [0.2, 0.25) is 0 Å². The van der Waals surface area contributed by atoms with E-state index in [0.29, 0.717) is 0 Å². The average Bonchev–Trinajstić information content (AvgIpc) is 2.61. The molecule has 0 bridgehead atoms. The monoisotopic (exact) mass is 369 g/mol. The molecular weight excluding hydrogens is 359 g/mol. The third-order valence-electron chi connectivity index (χ3n) is 3.10. The highest BCUT2D eigenvalue weighted by molar-refractivity contribution is 5.94. The molecule has 26 heavy (non-hydrogen) atoms. The lowest BCUT2D eigenvalue weighted by Crippen LogP contribution is -2.38. The van der Waals surface area contributed by atoms with Crippen molar-refractivity contribution in [1.29, 1.82) is 0 Å². The van der Waals surface area contributed by atoms with E-state index in [2.05, 4.69) is 4.84 Å². The van der Waals surface area contributed by atoms with Gasteiger partial charge in [0.15, 0.2) is 0 Å². The lowest BCUT2D eigenvalue weighted by atomic mass is 10.1.